The van der Waals surface area contributed by atoms with Crippen molar-refractivity contribution < 1.29 is 35.7 Å². The summed E-state index contributed by atoms with van der Waals surface area (Å²) in [6.45, 7) is -1.88. The monoisotopic (exact) mass is 523 g/mol. The van der Waals surface area contributed by atoms with Gasteiger partial charge in [0.2, 0.25) is 17.5 Å². The maximum absolute atomic E-state index is 14.9. The molecular weight excluding hydrogens is 491 g/mol. The van der Waals surface area contributed by atoms with Crippen LogP contribution in [0.15, 0.2) is 42.5 Å². The molecule has 0 spiro atoms. The number of likely N-dealkylation sites (tertiary alicyclic amines) is 2. The quantitative estimate of drug-likeness (QED) is 0.525. The molecule has 3 unspecified atom stereocenters. The Hall–Kier alpha value is -2.97. The highest BCUT2D eigenvalue weighted by Crippen LogP contribution is 2.51. The van der Waals surface area contributed by atoms with Crippen LogP contribution in [0.2, 0.25) is 0 Å². The number of alkyl halides is 4. The number of carbonyl (C=O) groups excluding carboxylic acids is 2. The first-order valence-corrected chi connectivity index (χ1v) is 12.3. The van der Waals surface area contributed by atoms with E-state index in [9.17, 15) is 31.5 Å². The minimum absolute atomic E-state index is 0.0560. The average molecular weight is 524 g/mol. The van der Waals surface area contributed by atoms with Crippen molar-refractivity contribution in [2.75, 3.05) is 20.1 Å². The average Bonchev–Trinajstić information content (AvgIpc) is 3.45. The zero-order valence-electron chi connectivity index (χ0n) is 23.2. The molecule has 37 heavy (non-hydrogen) atoms. The Morgan fingerprint density at radius 3 is 2.51 bits per heavy atom. The van der Waals surface area contributed by atoms with E-state index in [-0.39, 0.29) is 31.8 Å². The van der Waals surface area contributed by atoms with Gasteiger partial charge in [-0.1, -0.05) is 30.3 Å². The molecule has 1 aliphatic carbocycles. The van der Waals surface area contributed by atoms with Gasteiger partial charge in [0.1, 0.15) is 11.9 Å². The summed E-state index contributed by atoms with van der Waals surface area (Å²) in [6.07, 6.45) is -3.86. The topological polar surface area (TPSA) is 40.6 Å². The van der Waals surface area contributed by atoms with Crippen molar-refractivity contribution in [2.45, 2.75) is 62.3 Å². The molecule has 198 valence electrons. The number of halogens is 5. The Morgan fingerprint density at radius 2 is 1.84 bits per heavy atom. The van der Waals surface area contributed by atoms with Crippen LogP contribution in [-0.4, -0.2) is 53.9 Å². The minimum Gasteiger partial charge on any atom is -0.340 e. The highest BCUT2D eigenvalue weighted by molar-refractivity contribution is 5.91. The molecule has 5 rings (SSSR count). The van der Waals surface area contributed by atoms with Crippen molar-refractivity contribution >= 4 is 11.8 Å². The van der Waals surface area contributed by atoms with Gasteiger partial charge in [-0.05, 0) is 72.9 Å². The van der Waals surface area contributed by atoms with Gasteiger partial charge in [0.25, 0.3) is 0 Å². The van der Waals surface area contributed by atoms with Crippen LogP contribution < -0.4 is 0 Å². The maximum atomic E-state index is 14.9. The third kappa shape index (κ3) is 4.20. The first kappa shape index (κ1) is 22.1. The van der Waals surface area contributed by atoms with Gasteiger partial charge in [-0.15, -0.1) is 0 Å². The van der Waals surface area contributed by atoms with Gasteiger partial charge in [0.15, 0.2) is 0 Å². The Kier molecular flexibility index (Phi) is 5.25. The van der Waals surface area contributed by atoms with Crippen molar-refractivity contribution in [3.05, 3.63) is 70.5 Å². The molecule has 2 amide bonds. The van der Waals surface area contributed by atoms with E-state index in [2.05, 4.69) is 0 Å². The fraction of sp³-hybridized carbons (Fsp3) is 0.500. The molecule has 0 saturated carbocycles. The first-order chi connectivity index (χ1) is 18.5. The van der Waals surface area contributed by atoms with Gasteiger partial charge in [0.05, 0.1) is 0 Å². The molecule has 2 fully saturated rings. The summed E-state index contributed by atoms with van der Waals surface area (Å²) in [5.41, 5.74) is -2.83. The molecule has 2 aromatic rings. The molecule has 2 aliphatic heterocycles. The summed E-state index contributed by atoms with van der Waals surface area (Å²) >= 11 is 0. The number of benzene rings is 2. The molecule has 9 heteroatoms. The highest BCUT2D eigenvalue weighted by Gasteiger charge is 2.55. The number of likely N-dealkylation sites (N-methyl/N-ethyl adjacent to an activating group) is 1. The van der Waals surface area contributed by atoms with Crippen LogP contribution in [0, 0.1) is 11.7 Å². The molecule has 3 aliphatic rings. The molecule has 4 nitrogen and oxygen atoms in total. The SMILES string of the molecule is [2H]C([2H])([2H])N1C(=O)CC[C@H]1C(=O)N1CC2CCc3cc(C(C)(F)C(F)(F)F)ccc3C2(Cc2ccc(F)cc2)C1. The normalized spacial score (nSPS) is 28.7. The lowest BCUT2D eigenvalue weighted by Gasteiger charge is -2.41. The van der Waals surface area contributed by atoms with Crippen LogP contribution >= 0.6 is 0 Å². The summed E-state index contributed by atoms with van der Waals surface area (Å²) in [4.78, 5) is 28.3. The van der Waals surface area contributed by atoms with Gasteiger partial charge in [0, 0.05) is 36.0 Å². The van der Waals surface area contributed by atoms with Crippen molar-refractivity contribution in [2.24, 2.45) is 5.92 Å². The van der Waals surface area contributed by atoms with Crippen LogP contribution in [0.1, 0.15) is 52.6 Å². The fourth-order valence-electron chi connectivity index (χ4n) is 6.28. The van der Waals surface area contributed by atoms with Gasteiger partial charge < -0.3 is 9.80 Å². The van der Waals surface area contributed by atoms with E-state index < -0.39 is 53.5 Å². The second-order valence-corrected chi connectivity index (χ2v) is 10.6. The molecular formula is C28H29F5N2O2. The Morgan fingerprint density at radius 1 is 1.11 bits per heavy atom. The second kappa shape index (κ2) is 8.81. The molecule has 0 radical (unpaired) electrons. The Labute approximate surface area is 216 Å². The zero-order valence-corrected chi connectivity index (χ0v) is 20.2. The molecule has 0 bridgehead atoms. The number of rotatable bonds is 4. The highest BCUT2D eigenvalue weighted by atomic mass is 19.4. The number of carbonyl (C=O) groups is 2. The van der Waals surface area contributed by atoms with E-state index in [1.54, 1.807) is 17.0 Å². The number of nitrogens with zero attached hydrogens (tertiary/aromatic N) is 2. The van der Waals surface area contributed by atoms with Crippen LogP contribution in [0.25, 0.3) is 0 Å². The van der Waals surface area contributed by atoms with E-state index in [0.29, 0.717) is 42.2 Å². The zero-order chi connectivity index (χ0) is 29.3. The summed E-state index contributed by atoms with van der Waals surface area (Å²) in [6, 6.07) is 8.60. The van der Waals surface area contributed by atoms with Crippen LogP contribution in [-0.2, 0) is 33.5 Å². The largest absolute Gasteiger partial charge is 0.426 e. The maximum Gasteiger partial charge on any atom is 0.426 e. The first-order valence-electron chi connectivity index (χ1n) is 13.8. The van der Waals surface area contributed by atoms with Crippen molar-refractivity contribution in [3.63, 3.8) is 0 Å². The molecule has 0 N–H and O–H groups in total. The van der Waals surface area contributed by atoms with Gasteiger partial charge in [-0.25, -0.2) is 8.78 Å². The Bertz CT molecular complexity index is 1330. The smallest absolute Gasteiger partial charge is 0.340 e. The summed E-state index contributed by atoms with van der Waals surface area (Å²) < 4.78 is 92.2. The van der Waals surface area contributed by atoms with Crippen molar-refractivity contribution in [1.82, 2.24) is 9.80 Å². The van der Waals surface area contributed by atoms with Crippen molar-refractivity contribution in [1.29, 1.82) is 0 Å². The van der Waals surface area contributed by atoms with E-state index in [1.807, 2.05) is 0 Å². The number of aryl methyl sites for hydroxylation is 1. The van der Waals surface area contributed by atoms with Crippen LogP contribution in [0.3, 0.4) is 0 Å². The predicted octanol–water partition coefficient (Wildman–Crippen LogP) is 5.08. The third-order valence-electron chi connectivity index (χ3n) is 8.42. The lowest BCUT2D eigenvalue weighted by atomic mass is 9.62. The van der Waals surface area contributed by atoms with Crippen LogP contribution in [0.4, 0.5) is 22.0 Å². The summed E-state index contributed by atoms with van der Waals surface area (Å²) in [5, 5.41) is 0. The minimum atomic E-state index is -5.10. The van der Waals surface area contributed by atoms with Crippen molar-refractivity contribution in [3.8, 4) is 0 Å². The van der Waals surface area contributed by atoms with Gasteiger partial charge >= 0.3 is 6.18 Å². The number of amides is 2. The molecule has 2 saturated heterocycles. The molecule has 0 aromatic heterocycles. The standard InChI is InChI=1S/C28H29F5N2O2/c1-26(30,28(31,32)33)19-7-10-22-18(13-19)5-6-20-15-35(25(37)23-11-12-24(36)34(23)2)16-27(20,22)14-17-3-8-21(29)9-4-17/h3-4,7-10,13,20,23H,5-6,11-12,14-16H2,1-2H3/t20?,23-,26?,27?/m0/s1/i2D3. The van der Waals surface area contributed by atoms with E-state index in [0.717, 1.165) is 11.6 Å². The van der Waals surface area contributed by atoms with Gasteiger partial charge in [-0.2, -0.15) is 13.2 Å². The number of hydrogen-bond donors (Lipinski definition) is 0. The summed E-state index contributed by atoms with van der Waals surface area (Å²) in [7, 11) is 0. The Balaban J connectivity index is 1.55. The van der Waals surface area contributed by atoms with E-state index >= 15 is 0 Å². The molecule has 4 atom stereocenters. The predicted molar refractivity (Wildman–Crippen MR) is 127 cm³/mol. The third-order valence-corrected chi connectivity index (χ3v) is 8.42. The fourth-order valence-corrected chi connectivity index (χ4v) is 6.28. The van der Waals surface area contributed by atoms with Crippen LogP contribution in [0.5, 0.6) is 0 Å². The number of hydrogen-bond acceptors (Lipinski definition) is 2. The van der Waals surface area contributed by atoms with Gasteiger partial charge in [-0.3, -0.25) is 9.59 Å². The number of fused-ring (bicyclic) bond motifs is 3. The molecule has 2 aromatic carbocycles. The van der Waals surface area contributed by atoms with E-state index in [4.69, 9.17) is 4.11 Å². The van der Waals surface area contributed by atoms with E-state index in [1.165, 1.54) is 24.3 Å². The lowest BCUT2D eigenvalue weighted by molar-refractivity contribution is -0.228. The lowest BCUT2D eigenvalue weighted by Crippen LogP contribution is -2.46. The summed E-state index contributed by atoms with van der Waals surface area (Å²) in [5.74, 6) is -1.67. The second-order valence-electron chi connectivity index (χ2n) is 10.6. The molecule has 2 heterocycles.